The van der Waals surface area contributed by atoms with E-state index in [1.54, 1.807) is 14.2 Å². The number of benzene rings is 1. The van der Waals surface area contributed by atoms with Gasteiger partial charge >= 0.3 is 0 Å². The second-order valence-electron chi connectivity index (χ2n) is 8.60. The Kier molecular flexibility index (Phi) is 10.9. The Bertz CT molecular complexity index is 762. The molecule has 2 aliphatic carbocycles. The molecule has 3 rings (SSSR count). The SMILES string of the molecule is CCNC(=NCC1(c2ccc(OC)c(OC)c2)CCCCC1)NCCNC(=O)C1CC1.I. The lowest BCUT2D eigenvalue weighted by Crippen LogP contribution is -2.43. The summed E-state index contributed by atoms with van der Waals surface area (Å²) in [6.07, 6.45) is 7.98. The maximum absolute atomic E-state index is 11.8. The second-order valence-corrected chi connectivity index (χ2v) is 8.60. The molecule has 2 fully saturated rings. The molecule has 180 valence electrons. The molecule has 1 amide bonds. The number of guanidine groups is 1. The van der Waals surface area contributed by atoms with Crippen LogP contribution in [0.5, 0.6) is 11.5 Å². The van der Waals surface area contributed by atoms with Gasteiger partial charge in [0.05, 0.1) is 20.8 Å². The van der Waals surface area contributed by atoms with Crippen LogP contribution in [-0.2, 0) is 10.2 Å². The molecule has 8 heteroatoms. The molecular formula is C24H39IN4O3. The van der Waals surface area contributed by atoms with Crippen molar-refractivity contribution in [1.82, 2.24) is 16.0 Å². The number of hydrogen-bond acceptors (Lipinski definition) is 4. The molecule has 2 saturated carbocycles. The molecule has 0 unspecified atom stereocenters. The third kappa shape index (κ3) is 7.15. The predicted octanol–water partition coefficient (Wildman–Crippen LogP) is 3.61. The first kappa shape index (κ1) is 26.5. The number of amides is 1. The molecule has 1 aromatic carbocycles. The number of carbonyl (C=O) groups excluding carboxylic acids is 1. The van der Waals surface area contributed by atoms with Gasteiger partial charge in [-0.25, -0.2) is 0 Å². The molecular weight excluding hydrogens is 519 g/mol. The van der Waals surface area contributed by atoms with Crippen LogP contribution in [0.2, 0.25) is 0 Å². The Balaban J connectivity index is 0.00000363. The minimum Gasteiger partial charge on any atom is -0.493 e. The Morgan fingerprint density at radius 1 is 1.03 bits per heavy atom. The molecule has 1 aromatic rings. The molecule has 3 N–H and O–H groups in total. The Morgan fingerprint density at radius 3 is 2.34 bits per heavy atom. The van der Waals surface area contributed by atoms with Crippen molar-refractivity contribution in [3.05, 3.63) is 23.8 Å². The van der Waals surface area contributed by atoms with Crippen LogP contribution in [-0.4, -0.2) is 52.3 Å². The van der Waals surface area contributed by atoms with Crippen LogP contribution in [0.3, 0.4) is 0 Å². The van der Waals surface area contributed by atoms with E-state index in [1.807, 2.05) is 6.07 Å². The van der Waals surface area contributed by atoms with Crippen molar-refractivity contribution in [2.75, 3.05) is 40.4 Å². The molecule has 32 heavy (non-hydrogen) atoms. The van der Waals surface area contributed by atoms with Gasteiger partial charge in [0, 0.05) is 31.0 Å². The first-order chi connectivity index (χ1) is 15.1. The average Bonchev–Trinajstić information content (AvgIpc) is 3.65. The lowest BCUT2D eigenvalue weighted by Gasteiger charge is -2.37. The summed E-state index contributed by atoms with van der Waals surface area (Å²) < 4.78 is 11.0. The first-order valence-corrected chi connectivity index (χ1v) is 11.6. The molecule has 0 radical (unpaired) electrons. The second kappa shape index (κ2) is 13.1. The standard InChI is InChI=1S/C24H38N4O3.HI/c1-4-25-23(27-15-14-26-22(29)18-8-9-18)28-17-24(12-6-5-7-13-24)19-10-11-20(30-2)21(16-19)31-3;/h10-11,16,18H,4-9,12-15,17H2,1-3H3,(H,26,29)(H2,25,27,28);1H. The fraction of sp³-hybridized carbons (Fsp3) is 0.667. The van der Waals surface area contributed by atoms with Gasteiger partial charge in [-0.15, -0.1) is 24.0 Å². The van der Waals surface area contributed by atoms with Crippen molar-refractivity contribution in [3.63, 3.8) is 0 Å². The van der Waals surface area contributed by atoms with Gasteiger partial charge in [0.15, 0.2) is 17.5 Å². The van der Waals surface area contributed by atoms with E-state index in [1.165, 1.54) is 24.8 Å². The third-order valence-corrected chi connectivity index (χ3v) is 6.36. The summed E-state index contributed by atoms with van der Waals surface area (Å²) in [5.74, 6) is 2.75. The monoisotopic (exact) mass is 558 g/mol. The van der Waals surface area contributed by atoms with Gasteiger partial charge in [0.1, 0.15) is 0 Å². The zero-order chi connectivity index (χ0) is 22.1. The number of hydrogen-bond donors (Lipinski definition) is 3. The summed E-state index contributed by atoms with van der Waals surface area (Å²) in [6.45, 7) is 4.85. The van der Waals surface area contributed by atoms with E-state index in [2.05, 4.69) is 35.0 Å². The van der Waals surface area contributed by atoms with Crippen LogP contribution < -0.4 is 25.4 Å². The summed E-state index contributed by atoms with van der Waals surface area (Å²) in [5, 5.41) is 9.69. The highest BCUT2D eigenvalue weighted by Crippen LogP contribution is 2.42. The molecule has 7 nitrogen and oxygen atoms in total. The molecule has 0 atom stereocenters. The van der Waals surface area contributed by atoms with E-state index in [0.29, 0.717) is 19.6 Å². The lowest BCUT2D eigenvalue weighted by molar-refractivity contribution is -0.122. The van der Waals surface area contributed by atoms with Crippen molar-refractivity contribution in [2.45, 2.75) is 57.3 Å². The maximum atomic E-state index is 11.8. The fourth-order valence-electron chi connectivity index (χ4n) is 4.36. The molecule has 0 bridgehead atoms. The lowest BCUT2D eigenvalue weighted by atomic mass is 9.69. The number of nitrogens with zero attached hydrogens (tertiary/aromatic N) is 1. The highest BCUT2D eigenvalue weighted by molar-refractivity contribution is 14.0. The summed E-state index contributed by atoms with van der Waals surface area (Å²) in [7, 11) is 3.35. The van der Waals surface area contributed by atoms with Crippen LogP contribution in [0.25, 0.3) is 0 Å². The zero-order valence-electron chi connectivity index (χ0n) is 19.7. The molecule has 0 aromatic heterocycles. The van der Waals surface area contributed by atoms with Crippen LogP contribution in [0, 0.1) is 5.92 Å². The third-order valence-electron chi connectivity index (χ3n) is 6.36. The Labute approximate surface area is 209 Å². The molecule has 0 heterocycles. The maximum Gasteiger partial charge on any atom is 0.223 e. The van der Waals surface area contributed by atoms with Crippen LogP contribution in [0.15, 0.2) is 23.2 Å². The van der Waals surface area contributed by atoms with Gasteiger partial charge in [0.25, 0.3) is 0 Å². The molecule has 2 aliphatic rings. The van der Waals surface area contributed by atoms with Crippen molar-refractivity contribution in [1.29, 1.82) is 0 Å². The summed E-state index contributed by atoms with van der Waals surface area (Å²) in [5.41, 5.74) is 1.27. The largest absolute Gasteiger partial charge is 0.493 e. The number of nitrogens with one attached hydrogen (secondary N) is 3. The van der Waals surface area contributed by atoms with E-state index in [4.69, 9.17) is 14.5 Å². The van der Waals surface area contributed by atoms with Crippen LogP contribution in [0.1, 0.15) is 57.4 Å². The number of aliphatic imine (C=N–C) groups is 1. The minimum absolute atomic E-state index is 0. The van der Waals surface area contributed by atoms with E-state index >= 15 is 0 Å². The molecule has 0 saturated heterocycles. The van der Waals surface area contributed by atoms with E-state index in [-0.39, 0.29) is 41.2 Å². The summed E-state index contributed by atoms with van der Waals surface area (Å²) >= 11 is 0. The normalized spacial score (nSPS) is 17.7. The number of ether oxygens (including phenoxy) is 2. The van der Waals surface area contributed by atoms with Crippen molar-refractivity contribution in [2.24, 2.45) is 10.9 Å². The number of rotatable bonds is 10. The highest BCUT2D eigenvalue weighted by Gasteiger charge is 2.34. The quantitative estimate of drug-likeness (QED) is 0.177. The van der Waals surface area contributed by atoms with Crippen LogP contribution >= 0.6 is 24.0 Å². The van der Waals surface area contributed by atoms with E-state index in [9.17, 15) is 4.79 Å². The Hall–Kier alpha value is -1.71. The fourth-order valence-corrected chi connectivity index (χ4v) is 4.36. The van der Waals surface area contributed by atoms with Gasteiger partial charge in [0.2, 0.25) is 5.91 Å². The summed E-state index contributed by atoms with van der Waals surface area (Å²) in [6, 6.07) is 6.28. The van der Waals surface area contributed by atoms with Gasteiger partial charge in [-0.05, 0) is 50.3 Å². The van der Waals surface area contributed by atoms with Gasteiger partial charge in [-0.3, -0.25) is 9.79 Å². The minimum atomic E-state index is 0. The van der Waals surface area contributed by atoms with E-state index in [0.717, 1.165) is 49.7 Å². The average molecular weight is 559 g/mol. The smallest absolute Gasteiger partial charge is 0.223 e. The number of methoxy groups -OCH3 is 2. The first-order valence-electron chi connectivity index (χ1n) is 11.6. The van der Waals surface area contributed by atoms with Crippen molar-refractivity contribution < 1.29 is 14.3 Å². The van der Waals surface area contributed by atoms with Gasteiger partial charge in [-0.1, -0.05) is 25.3 Å². The Morgan fingerprint density at radius 2 is 1.72 bits per heavy atom. The van der Waals surface area contributed by atoms with Crippen molar-refractivity contribution >= 4 is 35.8 Å². The molecule has 0 spiro atoms. The topological polar surface area (TPSA) is 84.0 Å². The van der Waals surface area contributed by atoms with Gasteiger partial charge < -0.3 is 25.4 Å². The van der Waals surface area contributed by atoms with E-state index < -0.39 is 0 Å². The summed E-state index contributed by atoms with van der Waals surface area (Å²) in [4.78, 5) is 16.8. The number of halogens is 1. The van der Waals surface area contributed by atoms with Crippen LogP contribution in [0.4, 0.5) is 0 Å². The highest BCUT2D eigenvalue weighted by atomic mass is 127. The van der Waals surface area contributed by atoms with Gasteiger partial charge in [-0.2, -0.15) is 0 Å². The predicted molar refractivity (Wildman–Crippen MR) is 139 cm³/mol. The zero-order valence-corrected chi connectivity index (χ0v) is 22.0. The van der Waals surface area contributed by atoms with Crippen molar-refractivity contribution in [3.8, 4) is 11.5 Å². The molecule has 0 aliphatic heterocycles. The number of carbonyl (C=O) groups is 1.